The number of anilines is 1. The lowest BCUT2D eigenvalue weighted by molar-refractivity contribution is -0.137. The molecule has 1 aromatic heterocycles. The fourth-order valence-electron chi connectivity index (χ4n) is 3.99. The summed E-state index contributed by atoms with van der Waals surface area (Å²) in [5.74, 6) is -2.26. The van der Waals surface area contributed by atoms with Crippen molar-refractivity contribution in [3.05, 3.63) is 76.9 Å². The Hall–Kier alpha value is -3.69. The number of alkyl halides is 3. The number of halogens is 4. The molecule has 172 valence electrons. The molecular weight excluding hydrogens is 442 g/mol. The molecule has 0 radical (unpaired) electrons. The monoisotopic (exact) mass is 461 g/mol. The molecule has 33 heavy (non-hydrogen) atoms. The zero-order valence-electron chi connectivity index (χ0n) is 17.6. The fraction of sp³-hybridized carbons (Fsp3) is 0.261. The van der Waals surface area contributed by atoms with Gasteiger partial charge in [0.15, 0.2) is 5.78 Å². The molecule has 0 bridgehead atoms. The third-order valence-electron chi connectivity index (χ3n) is 5.63. The molecule has 0 saturated carbocycles. The van der Waals surface area contributed by atoms with Gasteiger partial charge in [-0.2, -0.15) is 18.3 Å². The van der Waals surface area contributed by atoms with E-state index in [4.69, 9.17) is 4.74 Å². The Balaban J connectivity index is 1.65. The lowest BCUT2D eigenvalue weighted by atomic mass is 9.84. The maximum Gasteiger partial charge on any atom is 0.416 e. The Bertz CT molecular complexity index is 1220. The Morgan fingerprint density at radius 2 is 1.88 bits per heavy atom. The maximum absolute atomic E-state index is 13.7. The molecule has 10 heteroatoms. The first-order valence-electron chi connectivity index (χ1n) is 10.0. The number of benzene rings is 2. The number of carbonyl (C=O) groups is 2. The second-order valence-electron chi connectivity index (χ2n) is 7.77. The number of aromatic nitrogens is 2. The summed E-state index contributed by atoms with van der Waals surface area (Å²) in [6.45, 7) is 1.82. The number of ketones is 1. The molecule has 0 saturated heterocycles. The van der Waals surface area contributed by atoms with Gasteiger partial charge in [-0.1, -0.05) is 12.1 Å². The van der Waals surface area contributed by atoms with Crippen LogP contribution in [0.15, 0.2) is 48.7 Å². The minimum atomic E-state index is -4.48. The van der Waals surface area contributed by atoms with E-state index in [1.54, 1.807) is 0 Å². The van der Waals surface area contributed by atoms with Crippen molar-refractivity contribution >= 4 is 17.4 Å². The SMILES string of the molecule is COc1ccc(F)cc1C(=O)Nc1cnn2c1C(=O)C(c1ccc(C(F)(F)F)cc1)C[C@@H]2C. The van der Waals surface area contributed by atoms with E-state index in [1.165, 1.54) is 36.2 Å². The smallest absolute Gasteiger partial charge is 0.416 e. The molecule has 4 rings (SSSR count). The van der Waals surface area contributed by atoms with Gasteiger partial charge in [0.1, 0.15) is 17.3 Å². The summed E-state index contributed by atoms with van der Waals surface area (Å²) in [5, 5.41) is 6.78. The summed E-state index contributed by atoms with van der Waals surface area (Å²) in [4.78, 5) is 26.1. The number of carbonyl (C=O) groups excluding carboxylic acids is 2. The lowest BCUT2D eigenvalue weighted by Gasteiger charge is -2.28. The molecule has 1 unspecified atom stereocenters. The average molecular weight is 461 g/mol. The lowest BCUT2D eigenvalue weighted by Crippen LogP contribution is -2.29. The number of hydrogen-bond donors (Lipinski definition) is 1. The van der Waals surface area contributed by atoms with Crippen LogP contribution in [0, 0.1) is 5.82 Å². The minimum Gasteiger partial charge on any atom is -0.496 e. The van der Waals surface area contributed by atoms with Crippen LogP contribution in [-0.4, -0.2) is 28.6 Å². The number of hydrogen-bond acceptors (Lipinski definition) is 4. The Labute approximate surface area is 186 Å². The standard InChI is InChI=1S/C23H19F4N3O3/c1-12-9-16(13-3-5-14(6-4-13)23(25,26)27)21(31)20-18(11-28-30(12)20)29-22(32)17-10-15(24)7-8-19(17)33-2/h3-8,10-12,16H,9H2,1-2H3,(H,29,32)/t12-,16?/m0/s1. The van der Waals surface area contributed by atoms with E-state index in [0.29, 0.717) is 12.0 Å². The van der Waals surface area contributed by atoms with Crippen molar-refractivity contribution in [3.63, 3.8) is 0 Å². The van der Waals surface area contributed by atoms with E-state index in [0.717, 1.165) is 24.3 Å². The number of fused-ring (bicyclic) bond motifs is 1. The normalized spacial score (nSPS) is 18.1. The predicted molar refractivity (Wildman–Crippen MR) is 111 cm³/mol. The van der Waals surface area contributed by atoms with Gasteiger partial charge in [0.2, 0.25) is 0 Å². The second kappa shape index (κ2) is 8.34. The predicted octanol–water partition coefficient (Wildman–Crippen LogP) is 5.23. The first-order valence-corrected chi connectivity index (χ1v) is 10.0. The topological polar surface area (TPSA) is 73.2 Å². The second-order valence-corrected chi connectivity index (χ2v) is 7.77. The van der Waals surface area contributed by atoms with E-state index in [1.807, 2.05) is 6.92 Å². The number of Topliss-reactive ketones (excluding diaryl/α,β-unsaturated/α-hetero) is 1. The molecule has 6 nitrogen and oxygen atoms in total. The van der Waals surface area contributed by atoms with Gasteiger partial charge in [0.25, 0.3) is 5.91 Å². The summed E-state index contributed by atoms with van der Waals surface area (Å²) < 4.78 is 58.9. The van der Waals surface area contributed by atoms with E-state index in [-0.39, 0.29) is 34.5 Å². The van der Waals surface area contributed by atoms with Gasteiger partial charge in [-0.15, -0.1) is 0 Å². The van der Waals surface area contributed by atoms with Crippen molar-refractivity contribution in [2.24, 2.45) is 0 Å². The Morgan fingerprint density at radius 1 is 1.18 bits per heavy atom. The number of methoxy groups -OCH3 is 1. The zero-order valence-corrected chi connectivity index (χ0v) is 17.6. The van der Waals surface area contributed by atoms with Crippen LogP contribution < -0.4 is 10.1 Å². The number of nitrogens with zero attached hydrogens (tertiary/aromatic N) is 2. The first kappa shape index (κ1) is 22.5. The van der Waals surface area contributed by atoms with E-state index in [2.05, 4.69) is 10.4 Å². The summed E-state index contributed by atoms with van der Waals surface area (Å²) in [6, 6.07) is 7.69. The number of nitrogens with one attached hydrogen (secondary N) is 1. The molecule has 1 aliphatic heterocycles. The maximum atomic E-state index is 13.7. The van der Waals surface area contributed by atoms with Crippen LogP contribution >= 0.6 is 0 Å². The van der Waals surface area contributed by atoms with Gasteiger partial charge in [-0.25, -0.2) is 4.39 Å². The van der Waals surface area contributed by atoms with E-state index in [9.17, 15) is 27.2 Å². The third kappa shape index (κ3) is 4.20. The van der Waals surface area contributed by atoms with Crippen molar-refractivity contribution in [1.29, 1.82) is 0 Å². The van der Waals surface area contributed by atoms with Gasteiger partial charge in [0.05, 0.1) is 42.1 Å². The third-order valence-corrected chi connectivity index (χ3v) is 5.63. The minimum absolute atomic E-state index is 0.0620. The molecule has 0 fully saturated rings. The molecular formula is C23H19F4N3O3. The highest BCUT2D eigenvalue weighted by atomic mass is 19.4. The molecule has 2 heterocycles. The molecule has 1 amide bonds. The van der Waals surface area contributed by atoms with Crippen LogP contribution in [0.4, 0.5) is 23.2 Å². The number of amides is 1. The molecule has 1 aliphatic rings. The highest BCUT2D eigenvalue weighted by molar-refractivity contribution is 6.11. The van der Waals surface area contributed by atoms with Crippen molar-refractivity contribution in [1.82, 2.24) is 9.78 Å². The summed E-state index contributed by atoms with van der Waals surface area (Å²) in [5.41, 5.74) is -0.170. The van der Waals surface area contributed by atoms with Crippen LogP contribution in [0.5, 0.6) is 5.75 Å². The molecule has 0 spiro atoms. The number of rotatable bonds is 4. The van der Waals surface area contributed by atoms with Gasteiger partial charge >= 0.3 is 6.18 Å². The molecule has 1 N–H and O–H groups in total. The van der Waals surface area contributed by atoms with Crippen LogP contribution in [0.25, 0.3) is 0 Å². The van der Waals surface area contributed by atoms with Gasteiger partial charge in [-0.05, 0) is 49.2 Å². The average Bonchev–Trinajstić information content (AvgIpc) is 3.20. The van der Waals surface area contributed by atoms with Gasteiger partial charge in [0, 0.05) is 0 Å². The largest absolute Gasteiger partial charge is 0.496 e. The van der Waals surface area contributed by atoms with Crippen LogP contribution in [-0.2, 0) is 6.18 Å². The highest BCUT2D eigenvalue weighted by Crippen LogP contribution is 2.39. The summed E-state index contributed by atoms with van der Waals surface area (Å²) >= 11 is 0. The van der Waals surface area contributed by atoms with Gasteiger partial charge < -0.3 is 10.1 Å². The molecule has 2 aromatic carbocycles. The van der Waals surface area contributed by atoms with Crippen molar-refractivity contribution < 1.29 is 31.9 Å². The van der Waals surface area contributed by atoms with Crippen molar-refractivity contribution in [3.8, 4) is 5.75 Å². The Kier molecular flexibility index (Phi) is 5.69. The van der Waals surface area contributed by atoms with Crippen LogP contribution in [0.3, 0.4) is 0 Å². The Morgan fingerprint density at radius 3 is 2.52 bits per heavy atom. The van der Waals surface area contributed by atoms with Crippen molar-refractivity contribution in [2.45, 2.75) is 31.5 Å². The highest BCUT2D eigenvalue weighted by Gasteiger charge is 2.37. The molecule has 3 aromatic rings. The van der Waals surface area contributed by atoms with E-state index >= 15 is 0 Å². The quantitative estimate of drug-likeness (QED) is 0.540. The first-order chi connectivity index (χ1) is 15.6. The van der Waals surface area contributed by atoms with Gasteiger partial charge in [-0.3, -0.25) is 14.3 Å². The summed E-state index contributed by atoms with van der Waals surface area (Å²) in [7, 11) is 1.34. The van der Waals surface area contributed by atoms with Crippen molar-refractivity contribution in [2.75, 3.05) is 12.4 Å². The van der Waals surface area contributed by atoms with E-state index < -0.39 is 29.4 Å². The fourth-order valence-corrected chi connectivity index (χ4v) is 3.99. The summed E-state index contributed by atoms with van der Waals surface area (Å²) in [6.07, 6.45) is -2.82. The van der Waals surface area contributed by atoms with Crippen LogP contribution in [0.1, 0.15) is 57.3 Å². The van der Waals surface area contributed by atoms with Crippen LogP contribution in [0.2, 0.25) is 0 Å². The number of ether oxygens (including phenoxy) is 1. The molecule has 2 atom stereocenters. The molecule has 0 aliphatic carbocycles. The zero-order chi connectivity index (χ0) is 23.9.